The Kier molecular flexibility index (Phi) is 6.81. The van der Waals surface area contributed by atoms with Gasteiger partial charge in [-0.2, -0.15) is 0 Å². The quantitative estimate of drug-likeness (QED) is 0.617. The summed E-state index contributed by atoms with van der Waals surface area (Å²) >= 11 is 0. The van der Waals surface area contributed by atoms with Crippen LogP contribution in [0.1, 0.15) is 17.4 Å². The maximum Gasteiger partial charge on any atom is 0.290 e. The molecule has 0 fully saturated rings. The van der Waals surface area contributed by atoms with E-state index in [4.69, 9.17) is 13.9 Å². The van der Waals surface area contributed by atoms with Gasteiger partial charge in [-0.3, -0.25) is 9.59 Å². The summed E-state index contributed by atoms with van der Waals surface area (Å²) in [5.41, 5.74) is 0.641. The molecular weight excluding hydrogens is 400 g/mol. The van der Waals surface area contributed by atoms with Crippen molar-refractivity contribution in [2.45, 2.75) is 6.04 Å². The van der Waals surface area contributed by atoms with Crippen molar-refractivity contribution in [2.24, 2.45) is 0 Å². The minimum atomic E-state index is -0.763. The molecule has 1 N–H and O–H groups in total. The van der Waals surface area contributed by atoms with E-state index < -0.39 is 23.5 Å². The molecule has 0 bridgehead atoms. The van der Waals surface area contributed by atoms with Gasteiger partial charge in [-0.05, 0) is 56.1 Å². The van der Waals surface area contributed by atoms with Gasteiger partial charge in [0.05, 0.1) is 32.1 Å². The zero-order valence-corrected chi connectivity index (χ0v) is 18.0. The number of ketones is 1. The van der Waals surface area contributed by atoms with Crippen LogP contribution >= 0.6 is 0 Å². The molecule has 1 amide bonds. The van der Waals surface area contributed by atoms with E-state index in [-0.39, 0.29) is 5.57 Å². The fraction of sp³-hybridized carbons (Fsp3) is 0.304. The van der Waals surface area contributed by atoms with Crippen LogP contribution in [0.25, 0.3) is 6.08 Å². The molecule has 1 aliphatic rings. The number of methoxy groups -OCH3 is 2. The molecule has 1 atom stereocenters. The Morgan fingerprint density at radius 1 is 1.23 bits per heavy atom. The maximum atomic E-state index is 13.0. The SMILES string of the molecule is COc1ccc(C2C(C(=O)/C=C/c3ccco3)=C(O)C(=O)N2CCN(C)C)cc1OC. The van der Waals surface area contributed by atoms with Crippen LogP contribution < -0.4 is 9.47 Å². The van der Waals surface area contributed by atoms with Gasteiger partial charge in [-0.15, -0.1) is 0 Å². The predicted octanol–water partition coefficient (Wildman–Crippen LogP) is 2.84. The normalized spacial score (nSPS) is 16.6. The standard InChI is InChI=1S/C23H26N2O6/c1-24(2)11-12-25-21(15-7-10-18(29-3)19(14-15)30-4)20(22(27)23(25)28)17(26)9-8-16-6-5-13-31-16/h5-10,13-14,21,27H,11-12H2,1-4H3/b9-8+. The van der Waals surface area contributed by atoms with Gasteiger partial charge in [0.1, 0.15) is 5.76 Å². The highest BCUT2D eigenvalue weighted by molar-refractivity contribution is 6.14. The van der Waals surface area contributed by atoms with Crippen molar-refractivity contribution in [1.82, 2.24) is 9.80 Å². The Balaban J connectivity index is 2.03. The number of rotatable bonds is 9. The molecule has 1 aromatic carbocycles. The van der Waals surface area contributed by atoms with Crippen molar-refractivity contribution < 1.29 is 28.6 Å². The van der Waals surface area contributed by atoms with Crippen molar-refractivity contribution in [2.75, 3.05) is 41.4 Å². The van der Waals surface area contributed by atoms with Crippen molar-refractivity contribution in [1.29, 1.82) is 0 Å². The van der Waals surface area contributed by atoms with Crippen LogP contribution in [0.15, 0.2) is 58.4 Å². The Labute approximate surface area is 181 Å². The number of ether oxygens (including phenoxy) is 2. The number of nitrogens with zero attached hydrogens (tertiary/aromatic N) is 2. The Bertz CT molecular complexity index is 1010. The zero-order valence-electron chi connectivity index (χ0n) is 18.0. The molecule has 1 aliphatic heterocycles. The predicted molar refractivity (Wildman–Crippen MR) is 115 cm³/mol. The number of allylic oxidation sites excluding steroid dienone is 1. The molecule has 0 aliphatic carbocycles. The van der Waals surface area contributed by atoms with E-state index in [1.54, 1.807) is 30.3 Å². The monoisotopic (exact) mass is 426 g/mol. The molecule has 1 unspecified atom stereocenters. The molecule has 0 spiro atoms. The smallest absolute Gasteiger partial charge is 0.290 e. The second kappa shape index (κ2) is 9.53. The fourth-order valence-corrected chi connectivity index (χ4v) is 3.45. The molecular formula is C23H26N2O6. The molecule has 2 heterocycles. The molecule has 2 aromatic rings. The van der Waals surface area contributed by atoms with Gasteiger partial charge in [0.15, 0.2) is 23.0 Å². The van der Waals surface area contributed by atoms with Crippen LogP contribution in [-0.2, 0) is 9.59 Å². The van der Waals surface area contributed by atoms with Crippen molar-refractivity contribution >= 4 is 17.8 Å². The van der Waals surface area contributed by atoms with Crippen LogP contribution in [0.5, 0.6) is 11.5 Å². The van der Waals surface area contributed by atoms with E-state index in [0.717, 1.165) is 0 Å². The highest BCUT2D eigenvalue weighted by Crippen LogP contribution is 2.40. The number of hydrogen-bond acceptors (Lipinski definition) is 7. The second-order valence-corrected chi connectivity index (χ2v) is 7.29. The molecule has 8 heteroatoms. The second-order valence-electron chi connectivity index (χ2n) is 7.29. The number of furan rings is 1. The number of carbonyl (C=O) groups excluding carboxylic acids is 2. The molecule has 3 rings (SSSR count). The summed E-state index contributed by atoms with van der Waals surface area (Å²) < 4.78 is 15.9. The molecule has 0 saturated heterocycles. The van der Waals surface area contributed by atoms with Crippen LogP contribution in [0, 0.1) is 0 Å². The summed E-state index contributed by atoms with van der Waals surface area (Å²) in [5, 5.41) is 10.6. The van der Waals surface area contributed by atoms with E-state index in [1.807, 2.05) is 19.0 Å². The number of likely N-dealkylation sites (N-methyl/N-ethyl adjacent to an activating group) is 1. The molecule has 0 radical (unpaired) electrons. The average Bonchev–Trinajstić information content (AvgIpc) is 3.37. The van der Waals surface area contributed by atoms with E-state index in [0.29, 0.717) is 35.9 Å². The van der Waals surface area contributed by atoms with E-state index in [9.17, 15) is 14.7 Å². The summed E-state index contributed by atoms with van der Waals surface area (Å²) in [6.07, 6.45) is 4.29. The summed E-state index contributed by atoms with van der Waals surface area (Å²) in [6.45, 7) is 0.889. The Hall–Kier alpha value is -3.52. The third kappa shape index (κ3) is 4.64. The molecule has 164 valence electrons. The summed E-state index contributed by atoms with van der Waals surface area (Å²) in [7, 11) is 6.81. The minimum Gasteiger partial charge on any atom is -0.503 e. The lowest BCUT2D eigenvalue weighted by Gasteiger charge is -2.28. The van der Waals surface area contributed by atoms with E-state index >= 15 is 0 Å². The van der Waals surface area contributed by atoms with Crippen LogP contribution in [-0.4, -0.2) is 68.0 Å². The first kappa shape index (κ1) is 22.2. The van der Waals surface area contributed by atoms with Gasteiger partial charge >= 0.3 is 0 Å². The first-order valence-electron chi connectivity index (χ1n) is 9.74. The number of hydrogen-bond donors (Lipinski definition) is 1. The largest absolute Gasteiger partial charge is 0.503 e. The van der Waals surface area contributed by atoms with E-state index in [2.05, 4.69) is 0 Å². The third-order valence-corrected chi connectivity index (χ3v) is 5.02. The zero-order chi connectivity index (χ0) is 22.5. The molecule has 31 heavy (non-hydrogen) atoms. The Morgan fingerprint density at radius 2 is 1.97 bits per heavy atom. The van der Waals surface area contributed by atoms with Gasteiger partial charge in [-0.1, -0.05) is 6.07 Å². The highest BCUT2D eigenvalue weighted by Gasteiger charge is 2.43. The van der Waals surface area contributed by atoms with Crippen molar-refractivity contribution in [3.8, 4) is 11.5 Å². The van der Waals surface area contributed by atoms with Gasteiger partial charge in [-0.25, -0.2) is 0 Å². The van der Waals surface area contributed by atoms with Crippen LogP contribution in [0.4, 0.5) is 0 Å². The average molecular weight is 426 g/mol. The lowest BCUT2D eigenvalue weighted by Crippen LogP contribution is -2.36. The summed E-state index contributed by atoms with van der Waals surface area (Å²) in [4.78, 5) is 29.3. The maximum absolute atomic E-state index is 13.0. The van der Waals surface area contributed by atoms with E-state index in [1.165, 1.54) is 37.5 Å². The van der Waals surface area contributed by atoms with Gasteiger partial charge in [0, 0.05) is 13.1 Å². The van der Waals surface area contributed by atoms with Crippen LogP contribution in [0.2, 0.25) is 0 Å². The van der Waals surface area contributed by atoms with Crippen molar-refractivity contribution in [3.05, 3.63) is 65.3 Å². The van der Waals surface area contributed by atoms with Gasteiger partial charge < -0.3 is 28.8 Å². The fourth-order valence-electron chi connectivity index (χ4n) is 3.45. The molecule has 0 saturated carbocycles. The van der Waals surface area contributed by atoms with Crippen LogP contribution in [0.3, 0.4) is 0 Å². The number of carbonyl (C=O) groups is 2. The number of amides is 1. The summed E-state index contributed by atoms with van der Waals surface area (Å²) in [5.74, 6) is -0.137. The van der Waals surface area contributed by atoms with Crippen molar-refractivity contribution in [3.63, 3.8) is 0 Å². The third-order valence-electron chi connectivity index (χ3n) is 5.02. The molecule has 1 aromatic heterocycles. The lowest BCUT2D eigenvalue weighted by molar-refractivity contribution is -0.129. The Morgan fingerprint density at radius 3 is 2.58 bits per heavy atom. The minimum absolute atomic E-state index is 0.0128. The number of benzene rings is 1. The number of aliphatic hydroxyl groups is 1. The number of aliphatic hydroxyl groups excluding tert-OH is 1. The first-order chi connectivity index (χ1) is 14.9. The molecule has 8 nitrogen and oxygen atoms in total. The van der Waals surface area contributed by atoms with Gasteiger partial charge in [0.2, 0.25) is 0 Å². The topological polar surface area (TPSA) is 92.5 Å². The lowest BCUT2D eigenvalue weighted by atomic mass is 9.95. The van der Waals surface area contributed by atoms with Gasteiger partial charge in [0.25, 0.3) is 5.91 Å². The first-order valence-corrected chi connectivity index (χ1v) is 9.74. The highest BCUT2D eigenvalue weighted by atomic mass is 16.5. The summed E-state index contributed by atoms with van der Waals surface area (Å²) in [6, 6.07) is 7.81.